The van der Waals surface area contributed by atoms with Crippen LogP contribution >= 0.6 is 0 Å². The Morgan fingerprint density at radius 3 is 2.24 bits per heavy atom. The summed E-state index contributed by atoms with van der Waals surface area (Å²) in [6, 6.07) is 2.84. The maximum atomic E-state index is 14.9. The number of nitrogens with zero attached hydrogens (tertiary/aromatic N) is 2. The third-order valence-corrected chi connectivity index (χ3v) is 5.43. The monoisotopic (exact) mass is 424 g/mol. The van der Waals surface area contributed by atoms with Gasteiger partial charge in [-0.1, -0.05) is 25.6 Å². The van der Waals surface area contributed by atoms with Gasteiger partial charge in [0.05, 0.1) is 5.69 Å². The second-order valence-corrected chi connectivity index (χ2v) is 13.0. The van der Waals surface area contributed by atoms with Gasteiger partial charge in [-0.15, -0.1) is 5.54 Å². The predicted molar refractivity (Wildman–Crippen MR) is 104 cm³/mol. The summed E-state index contributed by atoms with van der Waals surface area (Å²) in [6.45, 7) is 6.15. The Balaban J connectivity index is 2.24. The molecule has 3 rings (SSSR count). The molecule has 0 atom stereocenters. The zero-order valence-electron chi connectivity index (χ0n) is 16.4. The Kier molecular flexibility index (Phi) is 5.11. The van der Waals surface area contributed by atoms with Gasteiger partial charge in [-0.3, -0.25) is 9.36 Å². The van der Waals surface area contributed by atoms with Crippen molar-refractivity contribution in [3.63, 3.8) is 0 Å². The van der Waals surface area contributed by atoms with E-state index in [4.69, 9.17) is 0 Å². The van der Waals surface area contributed by atoms with Crippen LogP contribution in [0.25, 0.3) is 5.69 Å². The van der Waals surface area contributed by atoms with Gasteiger partial charge in [-0.05, 0) is 36.5 Å². The lowest BCUT2D eigenvalue weighted by Crippen LogP contribution is -2.41. The van der Waals surface area contributed by atoms with E-state index < -0.39 is 37.0 Å². The highest BCUT2D eigenvalue weighted by molar-refractivity contribution is 6.83. The van der Waals surface area contributed by atoms with Gasteiger partial charge < -0.3 is 0 Å². The molecule has 0 saturated heterocycles. The van der Waals surface area contributed by atoms with Crippen molar-refractivity contribution in [1.82, 2.24) is 9.13 Å². The summed E-state index contributed by atoms with van der Waals surface area (Å²) < 4.78 is 54.7. The largest absolute Gasteiger partial charge is 0.431 e. The number of hydrogen-bond acceptors (Lipinski definition) is 2. The first-order valence-electron chi connectivity index (χ1n) is 9.07. The molecule has 0 amide bonds. The molecular formula is C20H20F4N2O2Si. The van der Waals surface area contributed by atoms with Crippen molar-refractivity contribution in [2.75, 3.05) is 0 Å². The predicted octanol–water partition coefficient (Wildman–Crippen LogP) is 3.80. The number of alkyl halides is 3. The molecule has 0 unspecified atom stereocenters. The highest BCUT2D eigenvalue weighted by Gasteiger charge is 2.35. The smallest absolute Gasteiger partial charge is 0.292 e. The summed E-state index contributed by atoms with van der Waals surface area (Å²) in [4.78, 5) is 24.8. The van der Waals surface area contributed by atoms with E-state index in [1.165, 1.54) is 12.1 Å². The lowest BCUT2D eigenvalue weighted by molar-refractivity contribution is -0.144. The molecule has 0 bridgehead atoms. The topological polar surface area (TPSA) is 44.0 Å². The number of aromatic nitrogens is 2. The average molecular weight is 424 g/mol. The Labute approximate surface area is 165 Å². The Bertz CT molecular complexity index is 1160. The first-order valence-corrected chi connectivity index (χ1v) is 12.6. The quantitative estimate of drug-likeness (QED) is 0.418. The summed E-state index contributed by atoms with van der Waals surface area (Å²) in [5.41, 5.74) is 0.135. The standard InChI is InChI=1S/C20H20F4N2O2Si/c1-25-17(20(22,23)24)11-18(27)26(19(25)28)16-10-14(12-5-6-12)13(9-15(16)21)7-8-29(2,3)4/h9-12H,5-6H2,1-4H3. The van der Waals surface area contributed by atoms with E-state index in [-0.39, 0.29) is 11.6 Å². The van der Waals surface area contributed by atoms with Gasteiger partial charge in [0, 0.05) is 18.7 Å². The summed E-state index contributed by atoms with van der Waals surface area (Å²) in [7, 11) is -0.823. The van der Waals surface area contributed by atoms with Gasteiger partial charge in [0.15, 0.2) is 0 Å². The zero-order valence-corrected chi connectivity index (χ0v) is 17.4. The number of halogens is 4. The molecule has 0 aliphatic heterocycles. The molecule has 1 aliphatic rings. The maximum absolute atomic E-state index is 14.9. The van der Waals surface area contributed by atoms with Crippen molar-refractivity contribution in [2.45, 2.75) is 44.6 Å². The summed E-state index contributed by atoms with van der Waals surface area (Å²) in [5.74, 6) is 2.27. The molecule has 1 heterocycles. The van der Waals surface area contributed by atoms with Gasteiger partial charge in [-0.2, -0.15) is 13.2 Å². The lowest BCUT2D eigenvalue weighted by Gasteiger charge is -2.15. The van der Waals surface area contributed by atoms with Gasteiger partial charge >= 0.3 is 11.9 Å². The first-order chi connectivity index (χ1) is 13.3. The minimum atomic E-state index is -4.87. The second kappa shape index (κ2) is 7.02. The van der Waals surface area contributed by atoms with Crippen molar-refractivity contribution in [2.24, 2.45) is 7.05 Å². The van der Waals surface area contributed by atoms with Crippen LogP contribution in [0.2, 0.25) is 19.6 Å². The van der Waals surface area contributed by atoms with E-state index in [1.54, 1.807) is 0 Å². The molecule has 0 N–H and O–H groups in total. The molecule has 4 nitrogen and oxygen atoms in total. The van der Waals surface area contributed by atoms with Crippen molar-refractivity contribution < 1.29 is 17.6 Å². The van der Waals surface area contributed by atoms with Crippen molar-refractivity contribution >= 4 is 8.07 Å². The van der Waals surface area contributed by atoms with Crippen LogP contribution in [0.1, 0.15) is 35.6 Å². The van der Waals surface area contributed by atoms with E-state index in [0.717, 1.165) is 19.9 Å². The minimum Gasteiger partial charge on any atom is -0.292 e. The van der Waals surface area contributed by atoms with Gasteiger partial charge in [0.2, 0.25) is 0 Å². The van der Waals surface area contributed by atoms with Gasteiger partial charge in [-0.25, -0.2) is 13.8 Å². The van der Waals surface area contributed by atoms with Crippen molar-refractivity contribution in [1.29, 1.82) is 0 Å². The number of rotatable bonds is 2. The van der Waals surface area contributed by atoms with Crippen molar-refractivity contribution in [3.05, 3.63) is 61.7 Å². The molecule has 29 heavy (non-hydrogen) atoms. The zero-order chi connectivity index (χ0) is 21.7. The summed E-state index contributed by atoms with van der Waals surface area (Å²) in [5, 5.41) is 0. The van der Waals surface area contributed by atoms with E-state index in [0.29, 0.717) is 26.3 Å². The van der Waals surface area contributed by atoms with Gasteiger partial charge in [0.25, 0.3) is 5.56 Å². The molecule has 1 saturated carbocycles. The summed E-state index contributed by atoms with van der Waals surface area (Å²) >= 11 is 0. The number of benzene rings is 1. The molecule has 0 radical (unpaired) electrons. The molecule has 154 valence electrons. The van der Waals surface area contributed by atoms with Crippen LogP contribution < -0.4 is 11.2 Å². The molecule has 1 aromatic carbocycles. The Morgan fingerprint density at radius 2 is 1.72 bits per heavy atom. The van der Waals surface area contributed by atoms with E-state index in [2.05, 4.69) is 11.5 Å². The van der Waals surface area contributed by atoms with Gasteiger partial charge in [0.1, 0.15) is 19.6 Å². The highest BCUT2D eigenvalue weighted by Crippen LogP contribution is 2.42. The fraction of sp³-hybridized carbons (Fsp3) is 0.400. The average Bonchev–Trinajstić information content (AvgIpc) is 3.41. The molecule has 0 spiro atoms. The Hall–Kier alpha value is -2.60. The minimum absolute atomic E-state index is 0.134. The fourth-order valence-electron chi connectivity index (χ4n) is 2.96. The third kappa shape index (κ3) is 4.37. The fourth-order valence-corrected chi connectivity index (χ4v) is 3.47. The van der Waals surface area contributed by atoms with Crippen molar-refractivity contribution in [3.8, 4) is 17.2 Å². The lowest BCUT2D eigenvalue weighted by atomic mass is 10.0. The van der Waals surface area contributed by atoms with Crippen LogP contribution in [-0.4, -0.2) is 17.2 Å². The molecule has 1 fully saturated rings. The van der Waals surface area contributed by atoms with E-state index in [9.17, 15) is 27.2 Å². The highest BCUT2D eigenvalue weighted by atomic mass is 28.3. The van der Waals surface area contributed by atoms with Crippen LogP contribution in [0, 0.1) is 17.3 Å². The van der Waals surface area contributed by atoms with Crippen LogP contribution in [-0.2, 0) is 13.2 Å². The van der Waals surface area contributed by atoms with Crippen LogP contribution in [0.15, 0.2) is 27.8 Å². The Morgan fingerprint density at radius 1 is 1.10 bits per heavy atom. The number of hydrogen-bond donors (Lipinski definition) is 0. The third-order valence-electron chi connectivity index (χ3n) is 4.56. The van der Waals surface area contributed by atoms with Crippen LogP contribution in [0.4, 0.5) is 17.6 Å². The molecular weight excluding hydrogens is 404 g/mol. The molecule has 9 heteroatoms. The molecule has 2 aromatic rings. The normalized spacial score (nSPS) is 14.5. The first kappa shape index (κ1) is 21.1. The van der Waals surface area contributed by atoms with Crippen LogP contribution in [0.3, 0.4) is 0 Å². The second-order valence-electron chi connectivity index (χ2n) is 8.21. The maximum Gasteiger partial charge on any atom is 0.431 e. The summed E-state index contributed by atoms with van der Waals surface area (Å²) in [6.07, 6.45) is -3.14. The SMILES string of the molecule is Cn1c(C(F)(F)F)cc(=O)n(-c2cc(C3CC3)c(C#C[Si](C)(C)C)cc2F)c1=O. The van der Waals surface area contributed by atoms with E-state index in [1.807, 2.05) is 19.6 Å². The molecule has 1 aromatic heterocycles. The van der Waals surface area contributed by atoms with Crippen LogP contribution in [0.5, 0.6) is 0 Å². The van der Waals surface area contributed by atoms with E-state index >= 15 is 0 Å². The molecule has 1 aliphatic carbocycles.